The minimum atomic E-state index is -1.07. The van der Waals surface area contributed by atoms with Gasteiger partial charge in [0.2, 0.25) is 17.7 Å². The molecule has 0 spiro atoms. The van der Waals surface area contributed by atoms with Crippen LogP contribution in [-0.4, -0.2) is 146 Å². The number of ether oxygens (including phenoxy) is 8. The maximum Gasteiger partial charge on any atom is 0.264 e. The zero-order valence-electron chi connectivity index (χ0n) is 29.9. The molecule has 3 rings (SSSR count). The van der Waals surface area contributed by atoms with Gasteiger partial charge < -0.3 is 43.2 Å². The van der Waals surface area contributed by atoms with Gasteiger partial charge in [0.25, 0.3) is 11.8 Å². The minimum absolute atomic E-state index is 0.0302. The highest BCUT2D eigenvalue weighted by atomic mass is 16.6. The first kappa shape index (κ1) is 42.8. The lowest BCUT2D eigenvalue weighted by molar-refractivity contribution is -0.136. The van der Waals surface area contributed by atoms with E-state index >= 15 is 0 Å². The van der Waals surface area contributed by atoms with Crippen LogP contribution in [0, 0.1) is 0 Å². The largest absolute Gasteiger partial charge is 0.379 e. The Balaban J connectivity index is 1.08. The van der Waals surface area contributed by atoms with Crippen LogP contribution in [0.1, 0.15) is 59.2 Å². The molecule has 0 aromatic heterocycles. The Labute approximate surface area is 304 Å². The summed E-state index contributed by atoms with van der Waals surface area (Å²) in [6.07, 6.45) is 4.17. The number of rotatable bonds is 31. The monoisotopic (exact) mass is 735 g/mol. The molecule has 2 N–H and O–H groups in total. The van der Waals surface area contributed by atoms with Crippen LogP contribution in [0.5, 0.6) is 0 Å². The number of nitrogens with zero attached hydrogens (tertiary/aromatic N) is 1. The molecule has 2 aliphatic rings. The smallest absolute Gasteiger partial charge is 0.264 e. The number of unbranched alkanes of at least 4 members (excludes halogenated alkanes) is 2. The van der Waals surface area contributed by atoms with Crippen molar-refractivity contribution in [3.05, 3.63) is 42.0 Å². The van der Waals surface area contributed by atoms with E-state index in [0.717, 1.165) is 17.7 Å². The standard InChI is InChI=1S/C36H53N3O13/c1-2-12-45-14-16-47-18-20-49-22-24-51-26-27-52-25-23-50-21-19-48-17-15-46-13-5-3-4-9-31(40)37-29-8-6-7-28-33(29)36(44)39(35(28)43)30-10-11-32(41)38-34(30)42/h2,6-8,30H,1,3-5,9-27H2,(H,37,40)(H,38,41,42). The van der Waals surface area contributed by atoms with Crippen molar-refractivity contribution in [2.45, 2.75) is 44.6 Å². The molecule has 52 heavy (non-hydrogen) atoms. The van der Waals surface area contributed by atoms with Gasteiger partial charge in [0.15, 0.2) is 0 Å². The van der Waals surface area contributed by atoms with Crippen LogP contribution in [0.3, 0.4) is 0 Å². The summed E-state index contributed by atoms with van der Waals surface area (Å²) >= 11 is 0. The number of anilines is 1. The lowest BCUT2D eigenvalue weighted by Crippen LogP contribution is -2.54. The molecule has 16 nitrogen and oxygen atoms in total. The summed E-state index contributed by atoms with van der Waals surface area (Å²) in [4.78, 5) is 63.4. The van der Waals surface area contributed by atoms with Crippen molar-refractivity contribution in [3.8, 4) is 0 Å². The van der Waals surface area contributed by atoms with E-state index in [0.29, 0.717) is 112 Å². The zero-order valence-corrected chi connectivity index (χ0v) is 29.9. The molecule has 290 valence electrons. The Morgan fingerprint density at radius 2 is 1.23 bits per heavy atom. The topological polar surface area (TPSA) is 186 Å². The minimum Gasteiger partial charge on any atom is -0.379 e. The summed E-state index contributed by atoms with van der Waals surface area (Å²) in [5, 5.41) is 4.90. The van der Waals surface area contributed by atoms with Gasteiger partial charge >= 0.3 is 0 Å². The molecule has 1 aromatic carbocycles. The van der Waals surface area contributed by atoms with Crippen molar-refractivity contribution in [1.82, 2.24) is 10.2 Å². The Morgan fingerprint density at radius 1 is 0.712 bits per heavy atom. The second-order valence-electron chi connectivity index (χ2n) is 11.7. The number of amides is 5. The summed E-state index contributed by atoms with van der Waals surface area (Å²) in [5.41, 5.74) is 0.387. The normalized spacial score (nSPS) is 15.6. The predicted octanol–water partition coefficient (Wildman–Crippen LogP) is 1.91. The molecule has 2 aliphatic heterocycles. The quantitative estimate of drug-likeness (QED) is 0.0641. The molecular weight excluding hydrogens is 682 g/mol. The number of fused-ring (bicyclic) bond motifs is 1. The number of carbonyl (C=O) groups is 5. The van der Waals surface area contributed by atoms with E-state index in [9.17, 15) is 24.0 Å². The highest BCUT2D eigenvalue weighted by Crippen LogP contribution is 2.32. The molecule has 1 fully saturated rings. The second-order valence-corrected chi connectivity index (χ2v) is 11.7. The van der Waals surface area contributed by atoms with Crippen LogP contribution in [-0.2, 0) is 52.3 Å². The fourth-order valence-electron chi connectivity index (χ4n) is 5.20. The van der Waals surface area contributed by atoms with Gasteiger partial charge in [-0.1, -0.05) is 18.6 Å². The van der Waals surface area contributed by atoms with Crippen LogP contribution in [0.2, 0.25) is 0 Å². The Morgan fingerprint density at radius 3 is 1.75 bits per heavy atom. The zero-order chi connectivity index (χ0) is 37.2. The van der Waals surface area contributed by atoms with Gasteiger partial charge in [0, 0.05) is 19.4 Å². The molecule has 16 heteroatoms. The van der Waals surface area contributed by atoms with Crippen LogP contribution < -0.4 is 10.6 Å². The van der Waals surface area contributed by atoms with Crippen LogP contribution in [0.25, 0.3) is 0 Å². The van der Waals surface area contributed by atoms with E-state index in [-0.39, 0.29) is 42.0 Å². The van der Waals surface area contributed by atoms with Gasteiger partial charge in [-0.05, 0) is 31.4 Å². The molecular formula is C36H53N3O13. The first-order valence-electron chi connectivity index (χ1n) is 17.8. The summed E-state index contributed by atoms with van der Waals surface area (Å²) in [5.74, 6) is -2.71. The molecule has 0 aliphatic carbocycles. The van der Waals surface area contributed by atoms with E-state index in [2.05, 4.69) is 17.2 Å². The molecule has 1 aromatic rings. The number of imide groups is 2. The van der Waals surface area contributed by atoms with Crippen molar-refractivity contribution < 1.29 is 61.9 Å². The average molecular weight is 736 g/mol. The van der Waals surface area contributed by atoms with Crippen molar-refractivity contribution in [3.63, 3.8) is 0 Å². The Bertz CT molecular complexity index is 1280. The maximum atomic E-state index is 13.2. The summed E-state index contributed by atoms with van der Waals surface area (Å²) in [7, 11) is 0. The number of benzene rings is 1. The van der Waals surface area contributed by atoms with E-state index in [1.54, 1.807) is 18.2 Å². The van der Waals surface area contributed by atoms with Gasteiger partial charge in [-0.3, -0.25) is 34.2 Å². The number of hydrogen-bond acceptors (Lipinski definition) is 13. The maximum absolute atomic E-state index is 13.2. The number of piperidine rings is 1. The molecule has 0 bridgehead atoms. The van der Waals surface area contributed by atoms with E-state index in [1.807, 2.05) is 0 Å². The molecule has 1 atom stereocenters. The fourth-order valence-corrected chi connectivity index (χ4v) is 5.20. The second kappa shape index (κ2) is 26.2. The Hall–Kier alpha value is -3.61. The van der Waals surface area contributed by atoms with Crippen molar-refractivity contribution in [2.24, 2.45) is 0 Å². The van der Waals surface area contributed by atoms with Gasteiger partial charge in [-0.2, -0.15) is 0 Å². The molecule has 0 saturated carbocycles. The lowest BCUT2D eigenvalue weighted by atomic mass is 10.0. The van der Waals surface area contributed by atoms with Gasteiger partial charge in [0.1, 0.15) is 6.04 Å². The molecule has 5 amide bonds. The number of nitrogens with one attached hydrogen (secondary N) is 2. The first-order valence-corrected chi connectivity index (χ1v) is 17.8. The van der Waals surface area contributed by atoms with Gasteiger partial charge in [-0.25, -0.2) is 0 Å². The Kier molecular flexibility index (Phi) is 21.6. The number of hydrogen-bond donors (Lipinski definition) is 2. The van der Waals surface area contributed by atoms with Crippen LogP contribution in [0.15, 0.2) is 30.9 Å². The third-order valence-electron chi connectivity index (χ3n) is 7.77. The van der Waals surface area contributed by atoms with Gasteiger partial charge in [-0.15, -0.1) is 6.58 Å². The predicted molar refractivity (Wildman–Crippen MR) is 187 cm³/mol. The van der Waals surface area contributed by atoms with Crippen LogP contribution >= 0.6 is 0 Å². The average Bonchev–Trinajstić information content (AvgIpc) is 3.38. The molecule has 1 unspecified atom stereocenters. The van der Waals surface area contributed by atoms with Crippen molar-refractivity contribution in [1.29, 1.82) is 0 Å². The summed E-state index contributed by atoms with van der Waals surface area (Å²) < 4.78 is 43.5. The highest BCUT2D eigenvalue weighted by Gasteiger charge is 2.45. The first-order chi connectivity index (χ1) is 25.4. The number of carbonyl (C=O) groups excluding carboxylic acids is 5. The van der Waals surface area contributed by atoms with E-state index in [1.165, 1.54) is 6.07 Å². The van der Waals surface area contributed by atoms with E-state index < -0.39 is 29.7 Å². The van der Waals surface area contributed by atoms with Crippen molar-refractivity contribution >= 4 is 35.2 Å². The molecule has 0 radical (unpaired) electrons. The third kappa shape index (κ3) is 16.0. The van der Waals surface area contributed by atoms with Crippen LogP contribution in [0.4, 0.5) is 5.69 Å². The summed E-state index contributed by atoms with van der Waals surface area (Å²) in [6, 6.07) is 3.53. The molecule has 2 heterocycles. The SMILES string of the molecule is C=CCOCCOCCOCCOCCOCCOCCOCCOCCCCCC(=O)Nc1cccc2c1C(=O)N(C1CCC(=O)NC1=O)C2=O. The lowest BCUT2D eigenvalue weighted by Gasteiger charge is -2.27. The fraction of sp³-hybridized carbons (Fsp3) is 0.639. The van der Waals surface area contributed by atoms with Gasteiger partial charge in [0.05, 0.1) is 116 Å². The third-order valence-corrected chi connectivity index (χ3v) is 7.77. The highest BCUT2D eigenvalue weighted by molar-refractivity contribution is 6.26. The van der Waals surface area contributed by atoms with Crippen molar-refractivity contribution in [2.75, 3.05) is 111 Å². The summed E-state index contributed by atoms with van der Waals surface area (Å²) in [6.45, 7) is 11.4. The molecule has 1 saturated heterocycles. The van der Waals surface area contributed by atoms with E-state index in [4.69, 9.17) is 37.9 Å².